The second-order valence-electron chi connectivity index (χ2n) is 6.39. The summed E-state index contributed by atoms with van der Waals surface area (Å²) < 4.78 is 1.44. The topological polar surface area (TPSA) is 34.1 Å². The molecule has 0 rings (SSSR count). The number of halogens is 2. The van der Waals surface area contributed by atoms with Crippen LogP contribution < -0.4 is 0 Å². The van der Waals surface area contributed by atoms with E-state index in [1.54, 1.807) is 0 Å². The number of carbonyl (C=O) groups excluding carboxylic acids is 2. The third-order valence-corrected chi connectivity index (χ3v) is 16.5. The van der Waals surface area contributed by atoms with Gasteiger partial charge in [0.2, 0.25) is 0 Å². The van der Waals surface area contributed by atoms with Crippen LogP contribution in [0.4, 0.5) is 0 Å². The van der Waals surface area contributed by atoms with Crippen molar-refractivity contribution in [3.05, 3.63) is 0 Å². The van der Waals surface area contributed by atoms with Crippen molar-refractivity contribution in [1.29, 1.82) is 0 Å². The molecule has 0 heterocycles. The number of rotatable bonds is 16. The van der Waals surface area contributed by atoms with Crippen LogP contribution in [0.1, 0.15) is 90.9 Å². The standard InChI is InChI=1S/C18H34I2O2Te/c1-3-5-7-9-11-13-17(21)15-23(19,20)16-18(22)14-12-10-8-6-4-2/h3-16H2,1-2H3. The molecule has 0 aromatic carbocycles. The molecule has 0 saturated heterocycles. The molecule has 0 aromatic rings. The number of unbranched alkanes of at least 4 members (excludes halogenated alkanes) is 8. The van der Waals surface area contributed by atoms with Crippen LogP contribution in [0.15, 0.2) is 0 Å². The summed E-state index contributed by atoms with van der Waals surface area (Å²) in [5.74, 6) is 0.810. The first-order chi connectivity index (χ1) is 10.9. The Kier molecular flexibility index (Phi) is 16.9. The van der Waals surface area contributed by atoms with Crippen LogP contribution in [-0.2, 0) is 9.59 Å². The van der Waals surface area contributed by atoms with Gasteiger partial charge in [0.1, 0.15) is 0 Å². The van der Waals surface area contributed by atoms with E-state index in [1.807, 2.05) is 0 Å². The molecule has 0 aliphatic rings. The Morgan fingerprint density at radius 2 is 1.00 bits per heavy atom. The van der Waals surface area contributed by atoms with Crippen LogP contribution in [0.5, 0.6) is 0 Å². The van der Waals surface area contributed by atoms with Gasteiger partial charge in [-0.15, -0.1) is 0 Å². The summed E-state index contributed by atoms with van der Waals surface area (Å²) in [5.41, 5.74) is 0. The third kappa shape index (κ3) is 16.8. The molecular formula is C18H34I2O2Te. The van der Waals surface area contributed by atoms with Gasteiger partial charge in [-0.1, -0.05) is 0 Å². The number of hydrogen-bond donors (Lipinski definition) is 0. The predicted molar refractivity (Wildman–Crippen MR) is 120 cm³/mol. The van der Waals surface area contributed by atoms with Gasteiger partial charge in [0.25, 0.3) is 0 Å². The Hall–Kier alpha value is 1.59. The van der Waals surface area contributed by atoms with E-state index in [2.05, 4.69) is 51.2 Å². The predicted octanol–water partition coefficient (Wildman–Crippen LogP) is 7.16. The molecule has 0 aliphatic carbocycles. The zero-order valence-corrected chi connectivity index (χ0v) is 21.5. The Morgan fingerprint density at radius 1 is 0.652 bits per heavy atom. The van der Waals surface area contributed by atoms with E-state index in [0.29, 0.717) is 11.6 Å². The molecule has 0 fully saturated rings. The van der Waals surface area contributed by atoms with E-state index < -0.39 is 10.3 Å². The normalized spacial score (nSPS) is 12.3. The van der Waals surface area contributed by atoms with Crippen LogP contribution in [0.3, 0.4) is 0 Å². The van der Waals surface area contributed by atoms with Gasteiger partial charge in [0.05, 0.1) is 0 Å². The van der Waals surface area contributed by atoms with Crippen LogP contribution >= 0.6 is 37.4 Å². The molecule has 0 unspecified atom stereocenters. The van der Waals surface area contributed by atoms with Gasteiger partial charge < -0.3 is 0 Å². The van der Waals surface area contributed by atoms with Crippen LogP contribution in [0.25, 0.3) is 0 Å². The van der Waals surface area contributed by atoms with Gasteiger partial charge in [-0.25, -0.2) is 0 Å². The molecule has 0 N–H and O–H groups in total. The fourth-order valence-corrected chi connectivity index (χ4v) is 15.6. The van der Waals surface area contributed by atoms with Gasteiger partial charge in [-0.3, -0.25) is 0 Å². The zero-order valence-electron chi connectivity index (χ0n) is 14.9. The molecular weight excluding hydrogens is 630 g/mol. The van der Waals surface area contributed by atoms with Gasteiger partial charge in [-0.05, 0) is 0 Å². The van der Waals surface area contributed by atoms with E-state index in [0.717, 1.165) is 34.6 Å². The van der Waals surface area contributed by atoms with E-state index in [4.69, 9.17) is 0 Å². The Morgan fingerprint density at radius 3 is 1.35 bits per heavy atom. The zero-order chi connectivity index (χ0) is 17.6. The van der Waals surface area contributed by atoms with Crippen molar-refractivity contribution < 1.29 is 9.59 Å². The summed E-state index contributed by atoms with van der Waals surface area (Å²) in [5, 5.41) is 0. The molecule has 0 amide bonds. The first-order valence-corrected chi connectivity index (χ1v) is 26.0. The summed E-state index contributed by atoms with van der Waals surface area (Å²) in [6.07, 6.45) is 13.4. The molecule has 138 valence electrons. The molecule has 0 aromatic heterocycles. The van der Waals surface area contributed by atoms with Crippen molar-refractivity contribution in [2.45, 2.75) is 99.8 Å². The number of hydrogen-bond acceptors (Lipinski definition) is 2. The van der Waals surface area contributed by atoms with Crippen molar-refractivity contribution >= 4 is 59.2 Å². The third-order valence-electron chi connectivity index (χ3n) is 3.86. The van der Waals surface area contributed by atoms with Crippen molar-refractivity contribution in [2.24, 2.45) is 0 Å². The quantitative estimate of drug-likeness (QED) is 0.0999. The van der Waals surface area contributed by atoms with Gasteiger partial charge in [-0.2, -0.15) is 0 Å². The molecule has 23 heavy (non-hydrogen) atoms. The van der Waals surface area contributed by atoms with Crippen LogP contribution in [0, 0.1) is 0 Å². The second-order valence-corrected chi connectivity index (χ2v) is 46.0. The van der Waals surface area contributed by atoms with E-state index >= 15 is 0 Å². The molecule has 0 radical (unpaired) electrons. The molecule has 0 bridgehead atoms. The molecule has 0 atom stereocenters. The summed E-state index contributed by atoms with van der Waals surface area (Å²) >= 11 is 4.98. The fourth-order valence-electron chi connectivity index (χ4n) is 2.52. The number of carbonyl (C=O) groups is 2. The minimum atomic E-state index is -2.30. The summed E-state index contributed by atoms with van der Waals surface area (Å²) in [7, 11) is -2.30. The van der Waals surface area contributed by atoms with E-state index in [9.17, 15) is 9.59 Å². The van der Waals surface area contributed by atoms with Gasteiger partial charge in [0, 0.05) is 0 Å². The summed E-state index contributed by atoms with van der Waals surface area (Å²) in [6, 6.07) is 0. The summed E-state index contributed by atoms with van der Waals surface area (Å²) in [4.78, 5) is 24.3. The van der Waals surface area contributed by atoms with E-state index in [1.165, 1.54) is 51.4 Å². The maximum absolute atomic E-state index is 12.1. The van der Waals surface area contributed by atoms with Crippen LogP contribution in [-0.4, -0.2) is 21.9 Å². The molecule has 2 nitrogen and oxygen atoms in total. The van der Waals surface area contributed by atoms with Gasteiger partial charge >= 0.3 is 169 Å². The van der Waals surface area contributed by atoms with E-state index in [-0.39, 0.29) is 0 Å². The minimum absolute atomic E-state index is 0.405. The Labute approximate surface area is 167 Å². The first kappa shape index (κ1) is 24.6. The fraction of sp³-hybridized carbons (Fsp3) is 0.889. The van der Waals surface area contributed by atoms with Crippen molar-refractivity contribution in [2.75, 3.05) is 0 Å². The van der Waals surface area contributed by atoms with Crippen LogP contribution in [0.2, 0.25) is 8.94 Å². The monoisotopic (exact) mass is 666 g/mol. The SMILES string of the molecule is CCCCCCCC(=O)C[Te](I)(I)CC(=O)CCCCCCC. The second kappa shape index (κ2) is 15.8. The molecule has 0 aliphatic heterocycles. The average molecular weight is 664 g/mol. The molecule has 0 spiro atoms. The maximum atomic E-state index is 12.1. The summed E-state index contributed by atoms with van der Waals surface area (Å²) in [6.45, 7) is 4.42. The van der Waals surface area contributed by atoms with Gasteiger partial charge in [0.15, 0.2) is 0 Å². The van der Waals surface area contributed by atoms with Crippen molar-refractivity contribution in [1.82, 2.24) is 0 Å². The average Bonchev–Trinajstić information content (AvgIpc) is 2.45. The Balaban J connectivity index is 3.83. The number of Topliss-reactive ketones (excluding diaryl/α,β-unsaturated/α-hetero) is 2. The first-order valence-electron chi connectivity index (χ1n) is 9.12. The Bertz CT molecular complexity index is 303. The number of ketones is 2. The van der Waals surface area contributed by atoms with Crippen molar-refractivity contribution in [3.8, 4) is 0 Å². The molecule has 5 heteroatoms. The molecule has 0 saturated carbocycles. The van der Waals surface area contributed by atoms with Crippen molar-refractivity contribution in [3.63, 3.8) is 0 Å².